The standard InChI is InChI=1S/C24H37N3O3/c1-24(2,3)30-23(29)26-21(14-18-8-6-5-7-9-18)22(28)17-27(4)16-20-12-10-19(15-25)11-13-20/h10-13,18,21-22,28H,5-9,14,16-17H2,1-4H3,(H,26,29)/t21-,22+/m0/s1. The second kappa shape index (κ2) is 11.3. The molecule has 1 fully saturated rings. The minimum Gasteiger partial charge on any atom is -0.444 e. The van der Waals surface area contributed by atoms with Crippen molar-refractivity contribution in [2.75, 3.05) is 13.6 Å². The lowest BCUT2D eigenvalue weighted by atomic mass is 9.83. The van der Waals surface area contributed by atoms with E-state index in [1.165, 1.54) is 19.3 Å². The maximum absolute atomic E-state index is 12.4. The molecule has 1 saturated carbocycles. The Bertz CT molecular complexity index is 700. The summed E-state index contributed by atoms with van der Waals surface area (Å²) in [5, 5.41) is 22.8. The van der Waals surface area contributed by atoms with E-state index in [0.29, 0.717) is 24.6 Å². The first-order chi connectivity index (χ1) is 14.2. The third-order valence-electron chi connectivity index (χ3n) is 5.51. The average molecular weight is 416 g/mol. The van der Waals surface area contributed by atoms with Crippen molar-refractivity contribution in [1.29, 1.82) is 5.26 Å². The van der Waals surface area contributed by atoms with Crippen LogP contribution in [0, 0.1) is 17.2 Å². The van der Waals surface area contributed by atoms with Crippen molar-refractivity contribution in [2.45, 2.75) is 83.6 Å². The van der Waals surface area contributed by atoms with Crippen molar-refractivity contribution in [3.8, 4) is 6.07 Å². The summed E-state index contributed by atoms with van der Waals surface area (Å²) >= 11 is 0. The fourth-order valence-electron chi connectivity index (χ4n) is 4.06. The van der Waals surface area contributed by atoms with E-state index < -0.39 is 17.8 Å². The van der Waals surface area contributed by atoms with Gasteiger partial charge in [0.2, 0.25) is 0 Å². The molecule has 1 aromatic carbocycles. The quantitative estimate of drug-likeness (QED) is 0.664. The molecule has 1 aliphatic carbocycles. The smallest absolute Gasteiger partial charge is 0.407 e. The number of rotatable bonds is 8. The molecule has 0 heterocycles. The SMILES string of the molecule is CN(Cc1ccc(C#N)cc1)C[C@@H](O)[C@H](CC1CCCCC1)NC(=O)OC(C)(C)C. The zero-order chi connectivity index (χ0) is 22.1. The van der Waals surface area contributed by atoms with Crippen LogP contribution in [0.5, 0.6) is 0 Å². The molecule has 0 radical (unpaired) electrons. The van der Waals surface area contributed by atoms with Gasteiger partial charge in [0.15, 0.2) is 0 Å². The van der Waals surface area contributed by atoms with E-state index in [0.717, 1.165) is 24.8 Å². The van der Waals surface area contributed by atoms with Gasteiger partial charge < -0.3 is 15.2 Å². The number of benzene rings is 1. The summed E-state index contributed by atoms with van der Waals surface area (Å²) in [5.74, 6) is 0.525. The number of nitriles is 1. The van der Waals surface area contributed by atoms with Gasteiger partial charge in [-0.05, 0) is 57.9 Å². The first-order valence-corrected chi connectivity index (χ1v) is 11.0. The van der Waals surface area contributed by atoms with Crippen LogP contribution < -0.4 is 5.32 Å². The number of amides is 1. The van der Waals surface area contributed by atoms with Crippen LogP contribution >= 0.6 is 0 Å². The van der Waals surface area contributed by atoms with E-state index in [4.69, 9.17) is 10.00 Å². The maximum Gasteiger partial charge on any atom is 0.407 e. The van der Waals surface area contributed by atoms with Crippen LogP contribution in [0.25, 0.3) is 0 Å². The highest BCUT2D eigenvalue weighted by molar-refractivity contribution is 5.68. The zero-order valence-corrected chi connectivity index (χ0v) is 18.9. The summed E-state index contributed by atoms with van der Waals surface area (Å²) in [4.78, 5) is 14.4. The number of carbonyl (C=O) groups excluding carboxylic acids is 1. The van der Waals surface area contributed by atoms with Crippen LogP contribution in [0.15, 0.2) is 24.3 Å². The topological polar surface area (TPSA) is 85.6 Å². The summed E-state index contributed by atoms with van der Waals surface area (Å²) in [6, 6.07) is 9.24. The molecule has 0 aromatic heterocycles. The number of hydrogen-bond acceptors (Lipinski definition) is 5. The highest BCUT2D eigenvalue weighted by Crippen LogP contribution is 2.28. The molecule has 0 aliphatic heterocycles. The number of likely N-dealkylation sites (N-methyl/N-ethyl adjacent to an activating group) is 1. The molecule has 0 saturated heterocycles. The van der Waals surface area contributed by atoms with Gasteiger partial charge in [0.1, 0.15) is 5.60 Å². The third kappa shape index (κ3) is 8.73. The van der Waals surface area contributed by atoms with E-state index in [1.807, 2.05) is 44.9 Å². The van der Waals surface area contributed by atoms with Gasteiger partial charge in [-0.1, -0.05) is 44.2 Å². The minimum absolute atomic E-state index is 0.341. The fraction of sp³-hybridized carbons (Fsp3) is 0.667. The molecule has 2 atom stereocenters. The Hall–Kier alpha value is -2.10. The Morgan fingerprint density at radius 1 is 1.27 bits per heavy atom. The number of aliphatic hydroxyl groups is 1. The lowest BCUT2D eigenvalue weighted by molar-refractivity contribution is 0.0334. The molecule has 6 heteroatoms. The Balaban J connectivity index is 1.97. The second-order valence-corrected chi connectivity index (χ2v) is 9.57. The van der Waals surface area contributed by atoms with E-state index in [-0.39, 0.29) is 6.04 Å². The van der Waals surface area contributed by atoms with Gasteiger partial charge in [-0.25, -0.2) is 4.79 Å². The van der Waals surface area contributed by atoms with Crippen molar-refractivity contribution in [1.82, 2.24) is 10.2 Å². The predicted molar refractivity (Wildman–Crippen MR) is 118 cm³/mol. The first kappa shape index (κ1) is 24.2. The summed E-state index contributed by atoms with van der Waals surface area (Å²) < 4.78 is 5.43. The highest BCUT2D eigenvalue weighted by Gasteiger charge is 2.28. The Morgan fingerprint density at radius 2 is 1.90 bits per heavy atom. The Kier molecular flexibility index (Phi) is 9.13. The largest absolute Gasteiger partial charge is 0.444 e. The summed E-state index contributed by atoms with van der Waals surface area (Å²) in [5.41, 5.74) is 1.14. The highest BCUT2D eigenvalue weighted by atomic mass is 16.6. The second-order valence-electron chi connectivity index (χ2n) is 9.57. The molecule has 0 bridgehead atoms. The van der Waals surface area contributed by atoms with E-state index in [1.54, 1.807) is 12.1 Å². The normalized spacial score (nSPS) is 17.2. The number of ether oxygens (including phenoxy) is 1. The first-order valence-electron chi connectivity index (χ1n) is 11.0. The van der Waals surface area contributed by atoms with Crippen LogP contribution in [0.4, 0.5) is 4.79 Å². The monoisotopic (exact) mass is 415 g/mol. The van der Waals surface area contributed by atoms with Gasteiger partial charge in [-0.3, -0.25) is 4.90 Å². The van der Waals surface area contributed by atoms with Gasteiger partial charge in [0.25, 0.3) is 0 Å². The minimum atomic E-state index is -0.692. The molecule has 2 rings (SSSR count). The van der Waals surface area contributed by atoms with Crippen molar-refractivity contribution in [3.05, 3.63) is 35.4 Å². The van der Waals surface area contributed by atoms with Crippen molar-refractivity contribution in [3.63, 3.8) is 0 Å². The molecule has 0 unspecified atom stereocenters. The average Bonchev–Trinajstić information content (AvgIpc) is 2.67. The number of nitrogens with one attached hydrogen (secondary N) is 1. The number of aliphatic hydroxyl groups excluding tert-OH is 1. The van der Waals surface area contributed by atoms with E-state index >= 15 is 0 Å². The Morgan fingerprint density at radius 3 is 2.47 bits per heavy atom. The molecule has 1 amide bonds. The van der Waals surface area contributed by atoms with Crippen LogP contribution in [0.3, 0.4) is 0 Å². The molecule has 30 heavy (non-hydrogen) atoms. The van der Waals surface area contributed by atoms with Gasteiger partial charge in [0, 0.05) is 13.1 Å². The number of carbonyl (C=O) groups is 1. The molecule has 0 spiro atoms. The van der Waals surface area contributed by atoms with Crippen LogP contribution in [0.1, 0.15) is 70.4 Å². The van der Waals surface area contributed by atoms with Gasteiger partial charge in [-0.15, -0.1) is 0 Å². The molecular formula is C24H37N3O3. The number of alkyl carbamates (subject to hydrolysis) is 1. The molecule has 1 aliphatic rings. The van der Waals surface area contributed by atoms with E-state index in [2.05, 4.69) is 11.4 Å². The lowest BCUT2D eigenvalue weighted by Crippen LogP contribution is -2.49. The third-order valence-corrected chi connectivity index (χ3v) is 5.51. The molecule has 1 aromatic rings. The Labute approximate surface area is 181 Å². The van der Waals surface area contributed by atoms with Crippen LogP contribution in [0.2, 0.25) is 0 Å². The molecular weight excluding hydrogens is 378 g/mol. The summed E-state index contributed by atoms with van der Waals surface area (Å²) in [6.45, 7) is 6.61. The van der Waals surface area contributed by atoms with Crippen molar-refractivity contribution < 1.29 is 14.6 Å². The number of hydrogen-bond donors (Lipinski definition) is 2. The van der Waals surface area contributed by atoms with Gasteiger partial charge in [-0.2, -0.15) is 5.26 Å². The van der Waals surface area contributed by atoms with E-state index in [9.17, 15) is 9.90 Å². The van der Waals surface area contributed by atoms with Crippen molar-refractivity contribution >= 4 is 6.09 Å². The predicted octanol–water partition coefficient (Wildman–Crippen LogP) is 4.21. The lowest BCUT2D eigenvalue weighted by Gasteiger charge is -2.32. The van der Waals surface area contributed by atoms with Gasteiger partial charge >= 0.3 is 6.09 Å². The zero-order valence-electron chi connectivity index (χ0n) is 18.9. The summed E-state index contributed by atoms with van der Waals surface area (Å²) in [6.07, 6.45) is 5.62. The van der Waals surface area contributed by atoms with Crippen LogP contribution in [-0.4, -0.2) is 47.4 Å². The molecule has 2 N–H and O–H groups in total. The fourth-order valence-corrected chi connectivity index (χ4v) is 4.06. The van der Waals surface area contributed by atoms with Crippen molar-refractivity contribution in [2.24, 2.45) is 5.92 Å². The number of nitrogens with zero attached hydrogens (tertiary/aromatic N) is 2. The maximum atomic E-state index is 12.4. The van der Waals surface area contributed by atoms with Crippen LogP contribution in [-0.2, 0) is 11.3 Å². The van der Waals surface area contributed by atoms with Gasteiger partial charge in [0.05, 0.1) is 23.8 Å². The molecule has 6 nitrogen and oxygen atoms in total. The summed E-state index contributed by atoms with van der Waals surface area (Å²) in [7, 11) is 1.95. The molecule has 166 valence electrons.